The highest BCUT2D eigenvalue weighted by Gasteiger charge is 2.29. The molecule has 1 aliphatic rings. The molecule has 0 radical (unpaired) electrons. The number of nitrogens with zero attached hydrogens (tertiary/aromatic N) is 2. The third-order valence-electron chi connectivity index (χ3n) is 2.77. The number of nitrogen functional groups attached to an aromatic ring is 1. The summed E-state index contributed by atoms with van der Waals surface area (Å²) in [5.74, 6) is 0.227. The number of H-pyrrole nitrogens is 1. The molecule has 1 fully saturated rings. The molecule has 1 aromatic heterocycles. The van der Waals surface area contributed by atoms with Gasteiger partial charge in [-0.25, -0.2) is 0 Å². The van der Waals surface area contributed by atoms with E-state index in [2.05, 4.69) is 10.2 Å². The Morgan fingerprint density at radius 2 is 2.44 bits per heavy atom. The number of amides is 1. The summed E-state index contributed by atoms with van der Waals surface area (Å²) >= 11 is 0. The van der Waals surface area contributed by atoms with Crippen LogP contribution in [0.2, 0.25) is 0 Å². The molecule has 2 unspecified atom stereocenters. The Labute approximate surface area is 93.8 Å². The number of nitrogens with one attached hydrogen (secondary N) is 1. The topological polar surface area (TPSA) is 84.2 Å². The predicted octanol–water partition coefficient (Wildman–Crippen LogP) is 0.241. The van der Waals surface area contributed by atoms with Crippen LogP contribution in [0.15, 0.2) is 6.20 Å². The van der Waals surface area contributed by atoms with Crippen molar-refractivity contribution in [1.29, 1.82) is 0 Å². The smallest absolute Gasteiger partial charge is 0.259 e. The van der Waals surface area contributed by atoms with Gasteiger partial charge < -0.3 is 15.4 Å². The zero-order chi connectivity index (χ0) is 11.7. The van der Waals surface area contributed by atoms with Crippen LogP contribution in [0, 0.1) is 0 Å². The summed E-state index contributed by atoms with van der Waals surface area (Å²) in [6.07, 6.45) is 1.53. The van der Waals surface area contributed by atoms with Crippen LogP contribution < -0.4 is 5.73 Å². The van der Waals surface area contributed by atoms with Gasteiger partial charge in [0.05, 0.1) is 24.9 Å². The summed E-state index contributed by atoms with van der Waals surface area (Å²) in [6, 6.07) is 0.0676. The highest BCUT2D eigenvalue weighted by Crippen LogP contribution is 2.17. The number of nitrogens with two attached hydrogens (primary N) is 1. The van der Waals surface area contributed by atoms with Crippen LogP contribution in [0.5, 0.6) is 0 Å². The van der Waals surface area contributed by atoms with E-state index < -0.39 is 0 Å². The lowest BCUT2D eigenvalue weighted by molar-refractivity contribution is -0.0386. The molecule has 0 saturated carbocycles. The second-order valence-corrected chi connectivity index (χ2v) is 4.15. The van der Waals surface area contributed by atoms with E-state index in [1.54, 1.807) is 4.90 Å². The SMILES string of the molecule is CC1CN(C(=O)c2cn[nH]c2N)C(C)CO1. The number of carbonyl (C=O) groups is 1. The Bertz CT molecular complexity index is 390. The standard InChI is InChI=1S/C10H16N4O2/c1-6-5-16-7(2)4-14(6)10(15)8-3-12-13-9(8)11/h3,6-7H,4-5H2,1-2H3,(H3,11,12,13). The summed E-state index contributed by atoms with van der Waals surface area (Å²) in [5.41, 5.74) is 6.06. The Kier molecular flexibility index (Phi) is 2.82. The van der Waals surface area contributed by atoms with Gasteiger partial charge >= 0.3 is 0 Å². The number of hydrogen-bond acceptors (Lipinski definition) is 4. The first-order valence-electron chi connectivity index (χ1n) is 5.31. The zero-order valence-electron chi connectivity index (χ0n) is 9.43. The van der Waals surface area contributed by atoms with Crippen LogP contribution in [0.1, 0.15) is 24.2 Å². The van der Waals surface area contributed by atoms with Gasteiger partial charge in [0, 0.05) is 6.54 Å². The Hall–Kier alpha value is -1.56. The first kappa shape index (κ1) is 10.9. The van der Waals surface area contributed by atoms with E-state index in [1.165, 1.54) is 6.20 Å². The van der Waals surface area contributed by atoms with Crippen molar-refractivity contribution in [1.82, 2.24) is 15.1 Å². The normalized spacial score (nSPS) is 25.8. The molecule has 1 aliphatic heterocycles. The molecule has 6 heteroatoms. The van der Waals surface area contributed by atoms with Crippen molar-refractivity contribution in [3.05, 3.63) is 11.8 Å². The van der Waals surface area contributed by atoms with Crippen molar-refractivity contribution in [2.24, 2.45) is 0 Å². The monoisotopic (exact) mass is 224 g/mol. The zero-order valence-corrected chi connectivity index (χ0v) is 9.43. The summed E-state index contributed by atoms with van der Waals surface area (Å²) in [4.78, 5) is 13.9. The average molecular weight is 224 g/mol. The van der Waals surface area contributed by atoms with Gasteiger partial charge in [0.2, 0.25) is 0 Å². The van der Waals surface area contributed by atoms with Crippen LogP contribution >= 0.6 is 0 Å². The van der Waals surface area contributed by atoms with Crippen LogP contribution in [-0.2, 0) is 4.74 Å². The van der Waals surface area contributed by atoms with E-state index in [0.717, 1.165) is 0 Å². The Balaban J connectivity index is 2.18. The largest absolute Gasteiger partial charge is 0.383 e. The summed E-state index contributed by atoms with van der Waals surface area (Å²) in [6.45, 7) is 5.06. The summed E-state index contributed by atoms with van der Waals surface area (Å²) in [7, 11) is 0. The Morgan fingerprint density at radius 3 is 3.06 bits per heavy atom. The number of hydrogen-bond donors (Lipinski definition) is 2. The molecule has 2 rings (SSSR count). The van der Waals surface area contributed by atoms with Crippen molar-refractivity contribution >= 4 is 11.7 Å². The molecule has 2 heterocycles. The second kappa shape index (κ2) is 4.13. The van der Waals surface area contributed by atoms with Crippen LogP contribution in [0.4, 0.5) is 5.82 Å². The fourth-order valence-electron chi connectivity index (χ4n) is 1.81. The molecule has 0 bridgehead atoms. The van der Waals surface area contributed by atoms with Crippen molar-refractivity contribution in [3.8, 4) is 0 Å². The molecule has 6 nitrogen and oxygen atoms in total. The first-order chi connectivity index (χ1) is 7.59. The number of ether oxygens (including phenoxy) is 1. The third-order valence-corrected chi connectivity index (χ3v) is 2.77. The van der Waals surface area contributed by atoms with E-state index >= 15 is 0 Å². The molecule has 0 spiro atoms. The van der Waals surface area contributed by atoms with Crippen LogP contribution in [0.3, 0.4) is 0 Å². The molecule has 88 valence electrons. The van der Waals surface area contributed by atoms with Gasteiger partial charge in [-0.2, -0.15) is 5.10 Å². The lowest BCUT2D eigenvalue weighted by Gasteiger charge is -2.36. The number of rotatable bonds is 1. The highest BCUT2D eigenvalue weighted by molar-refractivity contribution is 5.98. The van der Waals surface area contributed by atoms with Crippen molar-refractivity contribution in [3.63, 3.8) is 0 Å². The average Bonchev–Trinajstić information content (AvgIpc) is 2.67. The molecule has 0 aromatic carbocycles. The Morgan fingerprint density at radius 1 is 1.69 bits per heavy atom. The van der Waals surface area contributed by atoms with Crippen LogP contribution in [0.25, 0.3) is 0 Å². The maximum atomic E-state index is 12.2. The van der Waals surface area contributed by atoms with Gasteiger partial charge in [0.1, 0.15) is 11.4 Å². The van der Waals surface area contributed by atoms with E-state index in [1.807, 2.05) is 13.8 Å². The van der Waals surface area contributed by atoms with Gasteiger partial charge in [-0.1, -0.05) is 0 Å². The van der Waals surface area contributed by atoms with Gasteiger partial charge in [0.15, 0.2) is 0 Å². The molecule has 1 aromatic rings. The molecule has 2 atom stereocenters. The quantitative estimate of drug-likeness (QED) is 0.715. The minimum Gasteiger partial charge on any atom is -0.383 e. The minimum absolute atomic E-state index is 0.0632. The first-order valence-corrected chi connectivity index (χ1v) is 5.31. The van der Waals surface area contributed by atoms with E-state index in [-0.39, 0.29) is 18.1 Å². The third kappa shape index (κ3) is 1.88. The predicted molar refractivity (Wildman–Crippen MR) is 58.9 cm³/mol. The maximum Gasteiger partial charge on any atom is 0.259 e. The molecule has 16 heavy (non-hydrogen) atoms. The number of aromatic nitrogens is 2. The molecule has 1 saturated heterocycles. The van der Waals surface area contributed by atoms with Gasteiger partial charge in [-0.3, -0.25) is 9.89 Å². The van der Waals surface area contributed by atoms with Crippen molar-refractivity contribution < 1.29 is 9.53 Å². The van der Waals surface area contributed by atoms with Crippen molar-refractivity contribution in [2.45, 2.75) is 26.0 Å². The molecule has 1 amide bonds. The van der Waals surface area contributed by atoms with Crippen LogP contribution in [-0.4, -0.2) is 46.3 Å². The highest BCUT2D eigenvalue weighted by atomic mass is 16.5. The maximum absolute atomic E-state index is 12.2. The molecule has 3 N–H and O–H groups in total. The number of aromatic amines is 1. The number of anilines is 1. The van der Waals surface area contributed by atoms with Gasteiger partial charge in [-0.15, -0.1) is 0 Å². The lowest BCUT2D eigenvalue weighted by atomic mass is 10.1. The minimum atomic E-state index is -0.0890. The van der Waals surface area contributed by atoms with Gasteiger partial charge in [-0.05, 0) is 13.8 Å². The van der Waals surface area contributed by atoms with Gasteiger partial charge in [0.25, 0.3) is 5.91 Å². The summed E-state index contributed by atoms with van der Waals surface area (Å²) < 4.78 is 5.47. The van der Waals surface area contributed by atoms with E-state index in [9.17, 15) is 4.79 Å². The molecule has 0 aliphatic carbocycles. The number of carbonyl (C=O) groups excluding carboxylic acids is 1. The summed E-state index contributed by atoms with van der Waals surface area (Å²) in [5, 5.41) is 6.32. The lowest BCUT2D eigenvalue weighted by Crippen LogP contribution is -2.50. The molecular weight excluding hydrogens is 208 g/mol. The van der Waals surface area contributed by atoms with E-state index in [0.29, 0.717) is 24.5 Å². The fraction of sp³-hybridized carbons (Fsp3) is 0.600. The second-order valence-electron chi connectivity index (χ2n) is 4.15. The number of morpholine rings is 1. The fourth-order valence-corrected chi connectivity index (χ4v) is 1.81. The van der Waals surface area contributed by atoms with Crippen molar-refractivity contribution in [2.75, 3.05) is 18.9 Å². The molecular formula is C10H16N4O2. The van der Waals surface area contributed by atoms with E-state index in [4.69, 9.17) is 10.5 Å².